The van der Waals surface area contributed by atoms with Crippen LogP contribution >= 0.6 is 0 Å². The fourth-order valence-corrected chi connectivity index (χ4v) is 3.35. The highest BCUT2D eigenvalue weighted by Gasteiger charge is 2.44. The van der Waals surface area contributed by atoms with Crippen LogP contribution in [0.1, 0.15) is 43.5 Å². The normalized spacial score (nSPS) is 24.4. The molecule has 1 amide bonds. The molecule has 0 aromatic carbocycles. The van der Waals surface area contributed by atoms with Crippen LogP contribution in [0, 0.1) is 0 Å². The molecule has 0 bridgehead atoms. The number of nitrogens with two attached hydrogens (primary N) is 1. The second kappa shape index (κ2) is 5.14. The zero-order valence-electron chi connectivity index (χ0n) is 11.8. The zero-order chi connectivity index (χ0) is 15.0. The van der Waals surface area contributed by atoms with E-state index in [4.69, 9.17) is 5.73 Å². The minimum Gasteiger partial charge on any atom is -0.480 e. The summed E-state index contributed by atoms with van der Waals surface area (Å²) in [6, 6.07) is -0.879. The van der Waals surface area contributed by atoms with Crippen molar-refractivity contribution in [2.24, 2.45) is 5.73 Å². The predicted octanol–water partition coefficient (Wildman–Crippen LogP) is 0.409. The van der Waals surface area contributed by atoms with Crippen molar-refractivity contribution in [3.05, 3.63) is 17.7 Å². The third kappa shape index (κ3) is 2.42. The maximum Gasteiger partial charge on any atom is 0.326 e. The molecule has 2 aliphatic rings. The number of carboxylic acids is 1. The summed E-state index contributed by atoms with van der Waals surface area (Å²) >= 11 is 0. The van der Waals surface area contributed by atoms with Crippen molar-refractivity contribution in [3.8, 4) is 0 Å². The van der Waals surface area contributed by atoms with Gasteiger partial charge >= 0.3 is 5.97 Å². The Hall–Kier alpha value is -1.89. The summed E-state index contributed by atoms with van der Waals surface area (Å²) in [6.07, 6.45) is 5.95. The Kier molecular flexibility index (Phi) is 3.44. The molecule has 7 heteroatoms. The average Bonchev–Trinajstić information content (AvgIpc) is 2.93. The Balaban J connectivity index is 1.88. The molecule has 1 fully saturated rings. The van der Waals surface area contributed by atoms with Gasteiger partial charge in [0, 0.05) is 6.42 Å². The minimum atomic E-state index is -1.00. The Morgan fingerprint density at radius 1 is 1.38 bits per heavy atom. The van der Waals surface area contributed by atoms with Crippen LogP contribution < -0.4 is 5.73 Å². The van der Waals surface area contributed by atoms with Gasteiger partial charge in [0.2, 0.25) is 5.91 Å². The van der Waals surface area contributed by atoms with Gasteiger partial charge in [0.05, 0.1) is 29.8 Å². The Morgan fingerprint density at radius 2 is 2.10 bits per heavy atom. The molecule has 0 radical (unpaired) electrons. The van der Waals surface area contributed by atoms with E-state index < -0.39 is 17.6 Å². The molecule has 1 aromatic rings. The number of rotatable bonds is 2. The molecule has 1 aliphatic heterocycles. The summed E-state index contributed by atoms with van der Waals surface area (Å²) < 4.78 is 0. The van der Waals surface area contributed by atoms with Crippen LogP contribution in [0.2, 0.25) is 0 Å². The molecular formula is C14H20N4O3. The highest BCUT2D eigenvalue weighted by atomic mass is 16.4. The molecule has 2 heterocycles. The molecule has 4 N–H and O–H groups in total. The van der Waals surface area contributed by atoms with E-state index in [1.807, 2.05) is 0 Å². The molecule has 21 heavy (non-hydrogen) atoms. The standard InChI is InChI=1S/C14H20N4O3/c15-14(4-2-1-3-5-14)13(21)18-7-10-9(16-8-17-10)6-11(18)12(19)20/h8,11H,1-7,15H2,(H,16,17)(H,19,20). The van der Waals surface area contributed by atoms with Crippen molar-refractivity contribution in [2.45, 2.75) is 56.7 Å². The molecule has 1 atom stereocenters. The highest BCUT2D eigenvalue weighted by Crippen LogP contribution is 2.31. The fraction of sp³-hybridized carbons (Fsp3) is 0.643. The van der Waals surface area contributed by atoms with Gasteiger partial charge in [0.25, 0.3) is 0 Å². The second-order valence-electron chi connectivity index (χ2n) is 6.04. The third-order valence-electron chi connectivity index (χ3n) is 4.62. The van der Waals surface area contributed by atoms with E-state index in [1.54, 1.807) is 0 Å². The molecule has 0 saturated heterocycles. The smallest absolute Gasteiger partial charge is 0.326 e. The van der Waals surface area contributed by atoms with Crippen LogP contribution in [0.4, 0.5) is 0 Å². The van der Waals surface area contributed by atoms with Crippen molar-refractivity contribution in [2.75, 3.05) is 0 Å². The lowest BCUT2D eigenvalue weighted by Crippen LogP contribution is -2.61. The topological polar surface area (TPSA) is 112 Å². The maximum atomic E-state index is 12.8. The first-order valence-corrected chi connectivity index (χ1v) is 7.35. The van der Waals surface area contributed by atoms with E-state index >= 15 is 0 Å². The number of carboxylic acid groups (broad SMARTS) is 1. The van der Waals surface area contributed by atoms with E-state index in [9.17, 15) is 14.7 Å². The van der Waals surface area contributed by atoms with Gasteiger partial charge in [-0.25, -0.2) is 9.78 Å². The molecule has 1 saturated carbocycles. The van der Waals surface area contributed by atoms with E-state index in [1.165, 1.54) is 11.2 Å². The lowest BCUT2D eigenvalue weighted by molar-refractivity contribution is -0.154. The van der Waals surface area contributed by atoms with Gasteiger partial charge in [-0.3, -0.25) is 4.79 Å². The van der Waals surface area contributed by atoms with Crippen LogP contribution in [0.25, 0.3) is 0 Å². The van der Waals surface area contributed by atoms with Crippen molar-refractivity contribution in [3.63, 3.8) is 0 Å². The number of amides is 1. The zero-order valence-corrected chi connectivity index (χ0v) is 11.8. The van der Waals surface area contributed by atoms with Crippen LogP contribution in [0.15, 0.2) is 6.33 Å². The van der Waals surface area contributed by atoms with Gasteiger partial charge in [-0.15, -0.1) is 0 Å². The van der Waals surface area contributed by atoms with Crippen molar-refractivity contribution in [1.82, 2.24) is 14.9 Å². The maximum absolute atomic E-state index is 12.8. The number of nitrogens with one attached hydrogen (secondary N) is 1. The number of imidazole rings is 1. The SMILES string of the molecule is NC1(C(=O)N2Cc3[nH]cnc3CC2C(=O)O)CCCCC1. The van der Waals surface area contributed by atoms with E-state index in [0.29, 0.717) is 12.8 Å². The number of aromatic amines is 1. The van der Waals surface area contributed by atoms with Gasteiger partial charge < -0.3 is 20.7 Å². The highest BCUT2D eigenvalue weighted by molar-refractivity contribution is 5.90. The van der Waals surface area contributed by atoms with Crippen molar-refractivity contribution >= 4 is 11.9 Å². The first kappa shape index (κ1) is 14.1. The van der Waals surface area contributed by atoms with Crippen molar-refractivity contribution < 1.29 is 14.7 Å². The molecule has 7 nitrogen and oxygen atoms in total. The lowest BCUT2D eigenvalue weighted by atomic mass is 9.80. The number of hydrogen-bond acceptors (Lipinski definition) is 4. The predicted molar refractivity (Wildman–Crippen MR) is 74.3 cm³/mol. The fourth-order valence-electron chi connectivity index (χ4n) is 3.35. The van der Waals surface area contributed by atoms with Crippen molar-refractivity contribution in [1.29, 1.82) is 0 Å². The van der Waals surface area contributed by atoms with Gasteiger partial charge in [-0.2, -0.15) is 0 Å². The number of aromatic nitrogens is 2. The molecule has 1 aromatic heterocycles. The third-order valence-corrected chi connectivity index (χ3v) is 4.62. The summed E-state index contributed by atoms with van der Waals surface area (Å²) in [4.78, 5) is 32.9. The Bertz CT molecular complexity index is 562. The van der Waals surface area contributed by atoms with E-state index in [2.05, 4.69) is 9.97 Å². The van der Waals surface area contributed by atoms with Crippen LogP contribution in [0.5, 0.6) is 0 Å². The van der Waals surface area contributed by atoms with Gasteiger partial charge in [-0.1, -0.05) is 19.3 Å². The molecule has 0 spiro atoms. The summed E-state index contributed by atoms with van der Waals surface area (Å²) in [5, 5.41) is 9.43. The number of nitrogens with zero attached hydrogens (tertiary/aromatic N) is 2. The van der Waals surface area contributed by atoms with Crippen LogP contribution in [0.3, 0.4) is 0 Å². The number of carbonyl (C=O) groups excluding carboxylic acids is 1. The summed E-state index contributed by atoms with van der Waals surface area (Å²) in [6.45, 7) is 0.240. The monoisotopic (exact) mass is 292 g/mol. The molecule has 1 unspecified atom stereocenters. The largest absolute Gasteiger partial charge is 0.480 e. The Morgan fingerprint density at radius 3 is 2.76 bits per heavy atom. The first-order valence-electron chi connectivity index (χ1n) is 7.35. The number of carbonyl (C=O) groups is 2. The quantitative estimate of drug-likeness (QED) is 0.731. The van der Waals surface area contributed by atoms with Crippen LogP contribution in [-0.4, -0.2) is 43.4 Å². The van der Waals surface area contributed by atoms with E-state index in [0.717, 1.165) is 30.7 Å². The lowest BCUT2D eigenvalue weighted by Gasteiger charge is -2.40. The van der Waals surface area contributed by atoms with Gasteiger partial charge in [-0.05, 0) is 12.8 Å². The number of fused-ring (bicyclic) bond motifs is 1. The minimum absolute atomic E-state index is 0.232. The summed E-state index contributed by atoms with van der Waals surface area (Å²) in [5.74, 6) is -1.24. The molecule has 114 valence electrons. The number of hydrogen-bond donors (Lipinski definition) is 3. The summed E-state index contributed by atoms with van der Waals surface area (Å²) in [7, 11) is 0. The number of aliphatic carboxylic acids is 1. The van der Waals surface area contributed by atoms with Crippen LogP contribution in [-0.2, 0) is 22.6 Å². The summed E-state index contributed by atoms with van der Waals surface area (Å²) in [5.41, 5.74) is 6.90. The first-order chi connectivity index (χ1) is 10.0. The van der Waals surface area contributed by atoms with Gasteiger partial charge in [0.1, 0.15) is 6.04 Å². The second-order valence-corrected chi connectivity index (χ2v) is 6.04. The molecule has 3 rings (SSSR count). The Labute approximate surface area is 122 Å². The van der Waals surface area contributed by atoms with E-state index in [-0.39, 0.29) is 18.9 Å². The van der Waals surface area contributed by atoms with Gasteiger partial charge in [0.15, 0.2) is 0 Å². The average molecular weight is 292 g/mol. The number of H-pyrrole nitrogens is 1. The molecule has 1 aliphatic carbocycles. The molecular weight excluding hydrogens is 272 g/mol.